The van der Waals surface area contributed by atoms with Gasteiger partial charge < -0.3 is 31.0 Å². The van der Waals surface area contributed by atoms with Crippen molar-refractivity contribution in [2.24, 2.45) is 21.5 Å². The molecule has 0 aromatic carbocycles. The summed E-state index contributed by atoms with van der Waals surface area (Å²) in [5, 5.41) is 9.01. The van der Waals surface area contributed by atoms with Crippen molar-refractivity contribution in [1.82, 2.24) is 4.98 Å². The minimum absolute atomic E-state index is 0.121. The second-order valence-electron chi connectivity index (χ2n) is 7.84. The summed E-state index contributed by atoms with van der Waals surface area (Å²) in [5.74, 6) is 0.0799. The van der Waals surface area contributed by atoms with E-state index in [9.17, 15) is 4.79 Å². The molecule has 0 bridgehead atoms. The molecule has 0 radical (unpaired) electrons. The lowest BCUT2D eigenvalue weighted by atomic mass is 9.80. The van der Waals surface area contributed by atoms with Crippen molar-refractivity contribution < 1.29 is 19.4 Å². The summed E-state index contributed by atoms with van der Waals surface area (Å²) in [5.41, 5.74) is 12.8. The van der Waals surface area contributed by atoms with Gasteiger partial charge in [0.2, 0.25) is 0 Å². The number of aromatic amines is 1. The van der Waals surface area contributed by atoms with Gasteiger partial charge >= 0.3 is 5.97 Å². The molecule has 160 valence electrons. The van der Waals surface area contributed by atoms with Gasteiger partial charge in [0.1, 0.15) is 13.3 Å². The predicted molar refractivity (Wildman–Crippen MR) is 110 cm³/mol. The zero-order chi connectivity index (χ0) is 20.7. The largest absolute Gasteiger partial charge is 0.463 e. The van der Waals surface area contributed by atoms with Crippen LogP contribution in [0.2, 0.25) is 0 Å². The Balaban J connectivity index is 1.48. The van der Waals surface area contributed by atoms with E-state index in [0.717, 1.165) is 50.6 Å². The second-order valence-corrected chi connectivity index (χ2v) is 7.84. The van der Waals surface area contributed by atoms with E-state index in [1.807, 2.05) is 12.1 Å². The molecule has 3 rings (SSSR count). The fraction of sp³-hybridized carbons (Fsp3) is 0.650. The number of hydrogen-bond acceptors (Lipinski definition) is 6. The van der Waals surface area contributed by atoms with Crippen molar-refractivity contribution in [3.63, 3.8) is 0 Å². The highest BCUT2D eigenvalue weighted by atomic mass is 16.6. The highest BCUT2D eigenvalue weighted by Crippen LogP contribution is 2.33. The quantitative estimate of drug-likeness (QED) is 0.307. The van der Waals surface area contributed by atoms with E-state index < -0.39 is 5.54 Å². The molecule has 0 amide bonds. The highest BCUT2D eigenvalue weighted by molar-refractivity contribution is 6.01. The predicted octanol–water partition coefficient (Wildman–Crippen LogP) is 1.51. The van der Waals surface area contributed by atoms with Crippen LogP contribution < -0.4 is 11.5 Å². The summed E-state index contributed by atoms with van der Waals surface area (Å²) in [7, 11) is 0. The zero-order valence-electron chi connectivity index (χ0n) is 16.7. The number of amidine groups is 1. The molecule has 2 atom stereocenters. The normalized spacial score (nSPS) is 24.8. The van der Waals surface area contributed by atoms with Gasteiger partial charge in [-0.2, -0.15) is 0 Å². The molecular weight excluding hydrogens is 374 g/mol. The SMILES string of the molecule is NC=N/C(=N\CO)c1ccc(C2CCC(COC(=O)CC3(N)CCCCC3)O2)[nH]1. The van der Waals surface area contributed by atoms with Gasteiger partial charge in [0.15, 0.2) is 5.84 Å². The number of aliphatic imine (C=N–C) groups is 2. The summed E-state index contributed by atoms with van der Waals surface area (Å²) >= 11 is 0. The first-order valence-electron chi connectivity index (χ1n) is 10.2. The molecule has 29 heavy (non-hydrogen) atoms. The molecule has 1 aliphatic carbocycles. The highest BCUT2D eigenvalue weighted by Gasteiger charge is 2.32. The molecule has 1 saturated heterocycles. The van der Waals surface area contributed by atoms with Crippen LogP contribution >= 0.6 is 0 Å². The van der Waals surface area contributed by atoms with E-state index >= 15 is 0 Å². The molecule has 0 spiro atoms. The third-order valence-corrected chi connectivity index (χ3v) is 5.60. The number of aliphatic hydroxyl groups excluding tert-OH is 1. The van der Waals surface area contributed by atoms with Crippen molar-refractivity contribution in [3.05, 3.63) is 23.5 Å². The third kappa shape index (κ3) is 5.88. The maximum atomic E-state index is 12.2. The average Bonchev–Trinajstić information content (AvgIpc) is 3.36. The smallest absolute Gasteiger partial charge is 0.307 e. The summed E-state index contributed by atoms with van der Waals surface area (Å²) in [6.07, 6.45) is 7.89. The Kier molecular flexibility index (Phi) is 7.40. The molecule has 2 aliphatic rings. The number of carbonyl (C=O) groups excluding carboxylic acids is 1. The van der Waals surface area contributed by atoms with Gasteiger partial charge in [-0.15, -0.1) is 0 Å². The fourth-order valence-corrected chi connectivity index (χ4v) is 4.08. The number of ether oxygens (including phenoxy) is 2. The molecule has 1 aromatic heterocycles. The molecule has 1 aliphatic heterocycles. The van der Waals surface area contributed by atoms with Crippen molar-refractivity contribution >= 4 is 18.1 Å². The Labute approximate surface area is 170 Å². The minimum atomic E-state index is -0.408. The molecule has 6 N–H and O–H groups in total. The molecule has 1 aromatic rings. The molecule has 9 heteroatoms. The Bertz CT molecular complexity index is 739. The van der Waals surface area contributed by atoms with Gasteiger partial charge in [-0.1, -0.05) is 19.3 Å². The van der Waals surface area contributed by atoms with Crippen molar-refractivity contribution in [1.29, 1.82) is 0 Å². The van der Waals surface area contributed by atoms with Gasteiger partial charge in [-0.05, 0) is 37.8 Å². The molecule has 9 nitrogen and oxygen atoms in total. The maximum absolute atomic E-state index is 12.2. The van der Waals surface area contributed by atoms with E-state index in [1.54, 1.807) is 0 Å². The van der Waals surface area contributed by atoms with Gasteiger partial charge in [-0.25, -0.2) is 9.98 Å². The number of rotatable bonds is 7. The van der Waals surface area contributed by atoms with E-state index in [4.69, 9.17) is 26.0 Å². The summed E-state index contributed by atoms with van der Waals surface area (Å²) in [6, 6.07) is 3.72. The van der Waals surface area contributed by atoms with Crippen LogP contribution in [0.1, 0.15) is 68.9 Å². The number of hydrogen-bond donors (Lipinski definition) is 4. The van der Waals surface area contributed by atoms with Gasteiger partial charge in [-0.3, -0.25) is 4.79 Å². The third-order valence-electron chi connectivity index (χ3n) is 5.60. The van der Waals surface area contributed by atoms with Gasteiger partial charge in [0.05, 0.1) is 30.7 Å². The Hall–Kier alpha value is -2.23. The average molecular weight is 405 g/mol. The lowest BCUT2D eigenvalue weighted by molar-refractivity contribution is -0.149. The van der Waals surface area contributed by atoms with Crippen LogP contribution in [0.15, 0.2) is 22.1 Å². The van der Waals surface area contributed by atoms with E-state index in [1.165, 1.54) is 6.42 Å². The van der Waals surface area contributed by atoms with E-state index in [2.05, 4.69) is 15.0 Å². The van der Waals surface area contributed by atoms with Crippen LogP contribution in [0.5, 0.6) is 0 Å². The molecule has 2 fully saturated rings. The van der Waals surface area contributed by atoms with Crippen molar-refractivity contribution in [3.8, 4) is 0 Å². The molecular formula is C20H31N5O4. The zero-order valence-corrected chi connectivity index (χ0v) is 16.7. The standard InChI is InChI=1S/C20H31N5O4/c21-12-23-19(24-13-26)16-6-5-15(25-16)17-7-4-14(29-17)11-28-18(27)10-20(22)8-2-1-3-9-20/h5-6,12,14,17,25-26H,1-4,7-11,13,22H2,(H2,21,23,24). The number of nitrogens with zero attached hydrogens (tertiary/aromatic N) is 2. The van der Waals surface area contributed by atoms with Crippen LogP contribution in [0.3, 0.4) is 0 Å². The van der Waals surface area contributed by atoms with Gasteiger partial charge in [0, 0.05) is 11.2 Å². The Morgan fingerprint density at radius 1 is 1.34 bits per heavy atom. The molecule has 2 heterocycles. The number of nitrogens with two attached hydrogens (primary N) is 2. The first-order valence-corrected chi connectivity index (χ1v) is 10.2. The summed E-state index contributed by atoms with van der Waals surface area (Å²) < 4.78 is 11.5. The van der Waals surface area contributed by atoms with Crippen molar-refractivity contribution in [2.45, 2.75) is 69.1 Å². The fourth-order valence-electron chi connectivity index (χ4n) is 4.08. The van der Waals surface area contributed by atoms with Crippen LogP contribution in [0.25, 0.3) is 0 Å². The topological polar surface area (TPSA) is 148 Å². The van der Waals surface area contributed by atoms with Crippen molar-refractivity contribution in [2.75, 3.05) is 13.3 Å². The van der Waals surface area contributed by atoms with Crippen LogP contribution in [0, 0.1) is 0 Å². The number of H-pyrrole nitrogens is 1. The molecule has 1 saturated carbocycles. The lowest BCUT2D eigenvalue weighted by Gasteiger charge is -2.32. The number of aliphatic hydroxyl groups is 1. The van der Waals surface area contributed by atoms with Gasteiger partial charge in [0.25, 0.3) is 0 Å². The van der Waals surface area contributed by atoms with Crippen LogP contribution in [-0.4, -0.2) is 53.2 Å². The number of esters is 1. The molecule has 2 unspecified atom stereocenters. The minimum Gasteiger partial charge on any atom is -0.463 e. The number of nitrogens with one attached hydrogen (secondary N) is 1. The first kappa shape index (κ1) is 21.5. The first-order chi connectivity index (χ1) is 14.0. The number of aromatic nitrogens is 1. The second kappa shape index (κ2) is 10.00. The Morgan fingerprint density at radius 2 is 2.14 bits per heavy atom. The Morgan fingerprint density at radius 3 is 2.86 bits per heavy atom. The summed E-state index contributed by atoms with van der Waals surface area (Å²) in [6.45, 7) is -0.133. The van der Waals surface area contributed by atoms with E-state index in [-0.39, 0.29) is 37.9 Å². The maximum Gasteiger partial charge on any atom is 0.307 e. The number of carbonyl (C=O) groups is 1. The lowest BCUT2D eigenvalue weighted by Crippen LogP contribution is -2.44. The summed E-state index contributed by atoms with van der Waals surface area (Å²) in [4.78, 5) is 23.3. The monoisotopic (exact) mass is 405 g/mol. The van der Waals surface area contributed by atoms with E-state index in [0.29, 0.717) is 11.5 Å². The van der Waals surface area contributed by atoms with Crippen LogP contribution in [-0.2, 0) is 14.3 Å². The van der Waals surface area contributed by atoms with Crippen LogP contribution in [0.4, 0.5) is 0 Å².